The van der Waals surface area contributed by atoms with Crippen LogP contribution in [-0.2, 0) is 26.0 Å². The first-order valence-electron chi connectivity index (χ1n) is 11.9. The van der Waals surface area contributed by atoms with E-state index >= 15 is 0 Å². The number of hydrogen-bond acceptors (Lipinski definition) is 4. The SMILES string of the molecule is CCCNC(=O)[C@@H](C)N(CCc1ccccc1)C(=O)CCCN(c1cccc(Cl)c1C)S(C)(=O)=O. The summed E-state index contributed by atoms with van der Waals surface area (Å²) in [5.74, 6) is -0.378. The van der Waals surface area contributed by atoms with Gasteiger partial charge in [0.2, 0.25) is 21.8 Å². The fourth-order valence-electron chi connectivity index (χ4n) is 3.81. The minimum absolute atomic E-state index is 0.117. The number of carbonyl (C=O) groups is 2. The molecule has 1 N–H and O–H groups in total. The molecular formula is C26H36ClN3O4S. The molecule has 192 valence electrons. The number of nitrogens with one attached hydrogen (secondary N) is 1. The molecule has 7 nitrogen and oxygen atoms in total. The van der Waals surface area contributed by atoms with Crippen molar-refractivity contribution in [1.29, 1.82) is 0 Å². The van der Waals surface area contributed by atoms with E-state index in [-0.39, 0.29) is 24.8 Å². The van der Waals surface area contributed by atoms with Crippen molar-refractivity contribution in [2.45, 2.75) is 52.5 Å². The quantitative estimate of drug-likeness (QED) is 0.428. The smallest absolute Gasteiger partial charge is 0.242 e. The highest BCUT2D eigenvalue weighted by Crippen LogP contribution is 2.28. The highest BCUT2D eigenvalue weighted by atomic mass is 35.5. The van der Waals surface area contributed by atoms with E-state index in [1.165, 1.54) is 4.31 Å². The molecule has 0 spiro atoms. The molecule has 0 bridgehead atoms. The number of amides is 2. The number of hydrogen-bond donors (Lipinski definition) is 1. The Morgan fingerprint density at radius 2 is 1.74 bits per heavy atom. The third-order valence-corrected chi connectivity index (χ3v) is 7.45. The number of carbonyl (C=O) groups excluding carboxylic acids is 2. The molecule has 0 fully saturated rings. The van der Waals surface area contributed by atoms with Crippen LogP contribution in [0, 0.1) is 6.92 Å². The van der Waals surface area contributed by atoms with E-state index in [0.29, 0.717) is 42.2 Å². The maximum Gasteiger partial charge on any atom is 0.242 e. The van der Waals surface area contributed by atoms with Gasteiger partial charge in [0.25, 0.3) is 0 Å². The van der Waals surface area contributed by atoms with Gasteiger partial charge in [-0.15, -0.1) is 0 Å². The molecule has 0 saturated heterocycles. The molecule has 2 amide bonds. The Kier molecular flexibility index (Phi) is 11.0. The zero-order valence-electron chi connectivity index (χ0n) is 21.0. The lowest BCUT2D eigenvalue weighted by molar-refractivity contribution is -0.139. The van der Waals surface area contributed by atoms with E-state index < -0.39 is 16.1 Å². The van der Waals surface area contributed by atoms with Gasteiger partial charge in [0, 0.05) is 31.1 Å². The predicted molar refractivity (Wildman–Crippen MR) is 142 cm³/mol. The molecule has 0 aliphatic heterocycles. The molecule has 1 atom stereocenters. The highest BCUT2D eigenvalue weighted by molar-refractivity contribution is 7.92. The number of nitrogens with zero attached hydrogens (tertiary/aromatic N) is 2. The number of sulfonamides is 1. The number of anilines is 1. The first-order valence-corrected chi connectivity index (χ1v) is 14.1. The molecule has 2 aromatic rings. The summed E-state index contributed by atoms with van der Waals surface area (Å²) in [6.07, 6.45) is 2.99. The van der Waals surface area contributed by atoms with Crippen LogP contribution in [0.25, 0.3) is 0 Å². The Morgan fingerprint density at radius 1 is 1.06 bits per heavy atom. The minimum atomic E-state index is -3.58. The zero-order valence-corrected chi connectivity index (χ0v) is 22.5. The summed E-state index contributed by atoms with van der Waals surface area (Å²) in [7, 11) is -3.58. The Balaban J connectivity index is 2.13. The Hall–Kier alpha value is -2.58. The molecule has 0 radical (unpaired) electrons. The van der Waals surface area contributed by atoms with Crippen molar-refractivity contribution >= 4 is 39.1 Å². The van der Waals surface area contributed by atoms with Crippen molar-refractivity contribution in [3.05, 3.63) is 64.7 Å². The fourth-order valence-corrected chi connectivity index (χ4v) is 5.00. The second-order valence-corrected chi connectivity index (χ2v) is 10.9. The zero-order chi connectivity index (χ0) is 26.0. The molecular weight excluding hydrogens is 486 g/mol. The van der Waals surface area contributed by atoms with Crippen molar-refractivity contribution in [3.63, 3.8) is 0 Å². The maximum absolute atomic E-state index is 13.2. The van der Waals surface area contributed by atoms with E-state index in [1.54, 1.807) is 36.9 Å². The van der Waals surface area contributed by atoms with Crippen molar-refractivity contribution in [2.75, 3.05) is 30.2 Å². The summed E-state index contributed by atoms with van der Waals surface area (Å²) in [6, 6.07) is 14.3. The Labute approximate surface area is 214 Å². The van der Waals surface area contributed by atoms with Crippen LogP contribution in [0.15, 0.2) is 48.5 Å². The van der Waals surface area contributed by atoms with Gasteiger partial charge in [0.05, 0.1) is 11.9 Å². The van der Waals surface area contributed by atoms with Gasteiger partial charge in [-0.05, 0) is 56.4 Å². The molecule has 0 unspecified atom stereocenters. The van der Waals surface area contributed by atoms with Gasteiger partial charge in [-0.25, -0.2) is 8.42 Å². The van der Waals surface area contributed by atoms with E-state index in [0.717, 1.165) is 18.2 Å². The molecule has 0 aromatic heterocycles. The molecule has 2 rings (SSSR count). The average molecular weight is 522 g/mol. The van der Waals surface area contributed by atoms with Crippen molar-refractivity contribution in [3.8, 4) is 0 Å². The standard InChI is InChI=1S/C26H36ClN3O4S/c1-5-17-28-26(32)21(3)29(19-16-22-11-7-6-8-12-22)25(31)15-10-18-30(35(4,33)34)24-14-9-13-23(27)20(24)2/h6-9,11-14,21H,5,10,15-19H2,1-4H3,(H,28,32)/t21-/m1/s1. The molecule has 0 aliphatic carbocycles. The third-order valence-electron chi connectivity index (χ3n) is 5.86. The van der Waals surface area contributed by atoms with Crippen LogP contribution in [0.3, 0.4) is 0 Å². The molecule has 35 heavy (non-hydrogen) atoms. The fraction of sp³-hybridized carbons (Fsp3) is 0.462. The third kappa shape index (κ3) is 8.54. The Morgan fingerprint density at radius 3 is 2.37 bits per heavy atom. The van der Waals surface area contributed by atoms with E-state index in [9.17, 15) is 18.0 Å². The largest absolute Gasteiger partial charge is 0.354 e. The first kappa shape index (κ1) is 28.7. The number of rotatable bonds is 13. The van der Waals surface area contributed by atoms with Gasteiger partial charge < -0.3 is 10.2 Å². The van der Waals surface area contributed by atoms with Crippen LogP contribution in [-0.4, -0.2) is 57.1 Å². The summed E-state index contributed by atoms with van der Waals surface area (Å²) in [5.41, 5.74) is 2.24. The molecule has 2 aromatic carbocycles. The van der Waals surface area contributed by atoms with E-state index in [2.05, 4.69) is 5.32 Å². The van der Waals surface area contributed by atoms with Gasteiger partial charge in [0.1, 0.15) is 6.04 Å². The van der Waals surface area contributed by atoms with Gasteiger partial charge in [0.15, 0.2) is 0 Å². The topological polar surface area (TPSA) is 86.8 Å². The second kappa shape index (κ2) is 13.5. The van der Waals surface area contributed by atoms with Gasteiger partial charge in [-0.2, -0.15) is 0 Å². The molecule has 0 heterocycles. The lowest BCUT2D eigenvalue weighted by Crippen LogP contribution is -2.49. The van der Waals surface area contributed by atoms with E-state index in [4.69, 9.17) is 11.6 Å². The average Bonchev–Trinajstić information content (AvgIpc) is 2.82. The monoisotopic (exact) mass is 521 g/mol. The minimum Gasteiger partial charge on any atom is -0.354 e. The first-order chi connectivity index (χ1) is 16.6. The van der Waals surface area contributed by atoms with Gasteiger partial charge in [-0.3, -0.25) is 13.9 Å². The normalized spacial score (nSPS) is 12.1. The number of halogens is 1. The van der Waals surface area contributed by atoms with E-state index in [1.807, 2.05) is 37.3 Å². The maximum atomic E-state index is 13.2. The van der Waals surface area contributed by atoms with Crippen molar-refractivity contribution in [1.82, 2.24) is 10.2 Å². The number of benzene rings is 2. The van der Waals surface area contributed by atoms with Crippen LogP contribution in [0.2, 0.25) is 5.02 Å². The second-order valence-electron chi connectivity index (χ2n) is 8.61. The molecule has 9 heteroatoms. The predicted octanol–water partition coefficient (Wildman–Crippen LogP) is 4.18. The summed E-state index contributed by atoms with van der Waals surface area (Å²) in [4.78, 5) is 27.4. The Bertz CT molecular complexity index is 1090. The summed E-state index contributed by atoms with van der Waals surface area (Å²) in [5, 5.41) is 3.34. The van der Waals surface area contributed by atoms with Crippen LogP contribution in [0.4, 0.5) is 5.69 Å². The van der Waals surface area contributed by atoms with Gasteiger partial charge in [-0.1, -0.05) is 54.9 Å². The summed E-state index contributed by atoms with van der Waals surface area (Å²) in [6.45, 7) is 6.54. The van der Waals surface area contributed by atoms with Crippen molar-refractivity contribution in [2.24, 2.45) is 0 Å². The summed E-state index contributed by atoms with van der Waals surface area (Å²) >= 11 is 6.20. The lowest BCUT2D eigenvalue weighted by Gasteiger charge is -2.29. The lowest BCUT2D eigenvalue weighted by atomic mass is 10.1. The molecule has 0 aliphatic rings. The highest BCUT2D eigenvalue weighted by Gasteiger charge is 2.26. The van der Waals surface area contributed by atoms with Crippen LogP contribution < -0.4 is 9.62 Å². The van der Waals surface area contributed by atoms with Crippen LogP contribution >= 0.6 is 11.6 Å². The molecule has 0 saturated carbocycles. The van der Waals surface area contributed by atoms with Crippen LogP contribution in [0.5, 0.6) is 0 Å². The summed E-state index contributed by atoms with van der Waals surface area (Å²) < 4.78 is 26.3. The van der Waals surface area contributed by atoms with Crippen LogP contribution in [0.1, 0.15) is 44.2 Å². The van der Waals surface area contributed by atoms with Crippen molar-refractivity contribution < 1.29 is 18.0 Å². The van der Waals surface area contributed by atoms with Gasteiger partial charge >= 0.3 is 0 Å².